The van der Waals surface area contributed by atoms with E-state index in [0.29, 0.717) is 0 Å². The van der Waals surface area contributed by atoms with Crippen molar-refractivity contribution in [2.45, 2.75) is 43.5 Å². The van der Waals surface area contributed by atoms with Gasteiger partial charge in [-0.1, -0.05) is 24.6 Å². The topological polar surface area (TPSA) is 32.3 Å². The zero-order chi connectivity index (χ0) is 14.1. The summed E-state index contributed by atoms with van der Waals surface area (Å²) < 4.78 is 0. The zero-order valence-corrected chi connectivity index (χ0v) is 13.4. The van der Waals surface area contributed by atoms with Gasteiger partial charge in [-0.25, -0.2) is 0 Å². The van der Waals surface area contributed by atoms with Crippen molar-refractivity contribution < 1.29 is 5.11 Å². The standard InChI is InChI=1S/C15H24ClNOS/c1-3-9-17-15(2,12-18)8-5-10-19-14-7-4-6-13(16)11-14/h4,6-7,11,17-18H,3,5,8-10,12H2,1-2H3. The third kappa shape index (κ3) is 6.66. The van der Waals surface area contributed by atoms with Gasteiger partial charge in [0.2, 0.25) is 0 Å². The van der Waals surface area contributed by atoms with Crippen LogP contribution in [0.2, 0.25) is 5.02 Å². The number of aliphatic hydroxyl groups is 1. The molecular formula is C15H24ClNOS. The molecule has 0 heterocycles. The van der Waals surface area contributed by atoms with Gasteiger partial charge in [0.15, 0.2) is 0 Å². The van der Waals surface area contributed by atoms with Crippen LogP contribution in [-0.2, 0) is 0 Å². The predicted octanol–water partition coefficient (Wildman–Crippen LogP) is 3.96. The molecule has 19 heavy (non-hydrogen) atoms. The molecule has 1 unspecified atom stereocenters. The SMILES string of the molecule is CCCNC(C)(CO)CCCSc1cccc(Cl)c1. The van der Waals surface area contributed by atoms with Crippen molar-refractivity contribution in [1.29, 1.82) is 0 Å². The van der Waals surface area contributed by atoms with E-state index >= 15 is 0 Å². The van der Waals surface area contributed by atoms with E-state index in [9.17, 15) is 5.11 Å². The van der Waals surface area contributed by atoms with Gasteiger partial charge in [-0.05, 0) is 56.7 Å². The first-order valence-electron chi connectivity index (χ1n) is 6.84. The van der Waals surface area contributed by atoms with Gasteiger partial charge < -0.3 is 10.4 Å². The number of aliphatic hydroxyl groups excluding tert-OH is 1. The summed E-state index contributed by atoms with van der Waals surface area (Å²) in [4.78, 5) is 1.21. The predicted molar refractivity (Wildman–Crippen MR) is 85.2 cm³/mol. The number of hydrogen-bond donors (Lipinski definition) is 2. The van der Waals surface area contributed by atoms with Crippen molar-refractivity contribution in [3.63, 3.8) is 0 Å². The van der Waals surface area contributed by atoms with E-state index in [0.717, 1.165) is 36.6 Å². The molecule has 0 spiro atoms. The smallest absolute Gasteiger partial charge is 0.0610 e. The average molecular weight is 302 g/mol. The molecule has 0 bridgehead atoms. The summed E-state index contributed by atoms with van der Waals surface area (Å²) in [6.07, 6.45) is 3.15. The van der Waals surface area contributed by atoms with E-state index < -0.39 is 0 Å². The molecule has 1 atom stereocenters. The molecule has 0 aliphatic carbocycles. The molecule has 0 saturated heterocycles. The van der Waals surface area contributed by atoms with E-state index in [1.165, 1.54) is 4.90 Å². The minimum atomic E-state index is -0.148. The van der Waals surface area contributed by atoms with Gasteiger partial charge in [0, 0.05) is 15.5 Å². The van der Waals surface area contributed by atoms with Crippen molar-refractivity contribution in [3.05, 3.63) is 29.3 Å². The largest absolute Gasteiger partial charge is 0.394 e. The van der Waals surface area contributed by atoms with Crippen LogP contribution in [0.5, 0.6) is 0 Å². The average Bonchev–Trinajstić information content (AvgIpc) is 2.42. The fourth-order valence-corrected chi connectivity index (χ4v) is 3.02. The van der Waals surface area contributed by atoms with Gasteiger partial charge >= 0.3 is 0 Å². The summed E-state index contributed by atoms with van der Waals surface area (Å²) in [6.45, 7) is 5.37. The highest BCUT2D eigenvalue weighted by Crippen LogP contribution is 2.23. The van der Waals surface area contributed by atoms with E-state index in [4.69, 9.17) is 11.6 Å². The lowest BCUT2D eigenvalue weighted by Crippen LogP contribution is -2.46. The fourth-order valence-electron chi connectivity index (χ4n) is 1.86. The molecule has 1 aromatic rings. The molecule has 0 aliphatic rings. The van der Waals surface area contributed by atoms with Gasteiger partial charge in [0.1, 0.15) is 0 Å². The number of thioether (sulfide) groups is 1. The fraction of sp³-hybridized carbons (Fsp3) is 0.600. The second-order valence-corrected chi connectivity index (χ2v) is 6.66. The highest BCUT2D eigenvalue weighted by atomic mass is 35.5. The summed E-state index contributed by atoms with van der Waals surface area (Å²) in [5.41, 5.74) is -0.148. The van der Waals surface area contributed by atoms with Gasteiger partial charge in [-0.15, -0.1) is 11.8 Å². The molecule has 1 aromatic carbocycles. The molecule has 0 aliphatic heterocycles. The highest BCUT2D eigenvalue weighted by molar-refractivity contribution is 7.99. The summed E-state index contributed by atoms with van der Waals surface area (Å²) in [5.74, 6) is 1.05. The maximum Gasteiger partial charge on any atom is 0.0610 e. The van der Waals surface area contributed by atoms with Crippen LogP contribution in [0.25, 0.3) is 0 Å². The second-order valence-electron chi connectivity index (χ2n) is 5.05. The molecule has 4 heteroatoms. The minimum Gasteiger partial charge on any atom is -0.394 e. The van der Waals surface area contributed by atoms with Crippen LogP contribution >= 0.6 is 23.4 Å². The molecule has 0 radical (unpaired) electrons. The van der Waals surface area contributed by atoms with Crippen LogP contribution in [0.15, 0.2) is 29.2 Å². The minimum absolute atomic E-state index is 0.148. The van der Waals surface area contributed by atoms with E-state index in [-0.39, 0.29) is 12.1 Å². The van der Waals surface area contributed by atoms with Crippen LogP contribution in [0, 0.1) is 0 Å². The highest BCUT2D eigenvalue weighted by Gasteiger charge is 2.21. The summed E-state index contributed by atoms with van der Waals surface area (Å²) in [7, 11) is 0. The first-order valence-corrected chi connectivity index (χ1v) is 8.20. The Bertz CT molecular complexity index is 375. The zero-order valence-electron chi connectivity index (χ0n) is 11.8. The normalized spacial score (nSPS) is 14.3. The van der Waals surface area contributed by atoms with Crippen LogP contribution in [-0.4, -0.2) is 29.5 Å². The van der Waals surface area contributed by atoms with Gasteiger partial charge in [0.25, 0.3) is 0 Å². The molecule has 0 fully saturated rings. The Balaban J connectivity index is 2.29. The number of hydrogen-bond acceptors (Lipinski definition) is 3. The Morgan fingerprint density at radius 2 is 2.21 bits per heavy atom. The quantitative estimate of drug-likeness (QED) is 0.535. The molecule has 108 valence electrons. The van der Waals surface area contributed by atoms with E-state index in [2.05, 4.69) is 25.2 Å². The van der Waals surface area contributed by atoms with Crippen molar-refractivity contribution in [2.75, 3.05) is 18.9 Å². The first-order chi connectivity index (χ1) is 9.09. The molecule has 2 N–H and O–H groups in total. The maximum absolute atomic E-state index is 9.48. The number of rotatable bonds is 9. The van der Waals surface area contributed by atoms with Gasteiger partial charge in [-0.2, -0.15) is 0 Å². The number of nitrogens with one attached hydrogen (secondary N) is 1. The van der Waals surface area contributed by atoms with Crippen LogP contribution in [0.1, 0.15) is 33.1 Å². The van der Waals surface area contributed by atoms with Crippen LogP contribution in [0.3, 0.4) is 0 Å². The lowest BCUT2D eigenvalue weighted by Gasteiger charge is -2.28. The van der Waals surface area contributed by atoms with E-state index in [1.54, 1.807) is 0 Å². The molecular weight excluding hydrogens is 278 g/mol. The Hall–Kier alpha value is -0.220. The molecule has 0 aromatic heterocycles. The summed E-state index contributed by atoms with van der Waals surface area (Å²) >= 11 is 7.77. The van der Waals surface area contributed by atoms with Crippen LogP contribution < -0.4 is 5.32 Å². The Kier molecular flexibility index (Phi) is 7.84. The third-order valence-corrected chi connectivity index (χ3v) is 4.40. The summed E-state index contributed by atoms with van der Waals surface area (Å²) in [6, 6.07) is 7.94. The third-order valence-electron chi connectivity index (χ3n) is 3.09. The van der Waals surface area contributed by atoms with Crippen molar-refractivity contribution in [3.8, 4) is 0 Å². The maximum atomic E-state index is 9.48. The Morgan fingerprint density at radius 3 is 2.84 bits per heavy atom. The van der Waals surface area contributed by atoms with Gasteiger partial charge in [-0.3, -0.25) is 0 Å². The Labute approximate surface area is 125 Å². The number of halogens is 1. The first kappa shape index (κ1) is 16.8. The molecule has 2 nitrogen and oxygen atoms in total. The van der Waals surface area contributed by atoms with Crippen molar-refractivity contribution in [1.82, 2.24) is 5.32 Å². The summed E-state index contributed by atoms with van der Waals surface area (Å²) in [5, 5.41) is 13.7. The van der Waals surface area contributed by atoms with Crippen molar-refractivity contribution >= 4 is 23.4 Å². The molecule has 0 amide bonds. The van der Waals surface area contributed by atoms with Crippen molar-refractivity contribution in [2.24, 2.45) is 0 Å². The van der Waals surface area contributed by atoms with Gasteiger partial charge in [0.05, 0.1) is 6.61 Å². The molecule has 0 saturated carbocycles. The molecule has 1 rings (SSSR count). The Morgan fingerprint density at radius 1 is 1.42 bits per heavy atom. The van der Waals surface area contributed by atoms with E-state index in [1.807, 2.05) is 30.0 Å². The van der Waals surface area contributed by atoms with Crippen LogP contribution in [0.4, 0.5) is 0 Å². The lowest BCUT2D eigenvalue weighted by molar-refractivity contribution is 0.165. The number of benzene rings is 1. The second kappa shape index (κ2) is 8.85. The monoisotopic (exact) mass is 301 g/mol. The lowest BCUT2D eigenvalue weighted by atomic mass is 9.97.